The summed E-state index contributed by atoms with van der Waals surface area (Å²) >= 11 is 0. The van der Waals surface area contributed by atoms with Crippen LogP contribution in [0.2, 0.25) is 0 Å². The molecule has 30 heavy (non-hydrogen) atoms. The fourth-order valence-corrected chi connectivity index (χ4v) is 7.65. The lowest BCUT2D eigenvalue weighted by molar-refractivity contribution is -0.167. The Bertz CT molecular complexity index is 1020. The highest BCUT2D eigenvalue weighted by atomic mass is 32.2. The van der Waals surface area contributed by atoms with E-state index in [9.17, 15) is 26.4 Å². The third kappa shape index (κ3) is 3.18. The molecule has 9 atom stereocenters. The van der Waals surface area contributed by atoms with E-state index in [0.29, 0.717) is 12.8 Å². The predicted molar refractivity (Wildman–Crippen MR) is 95.8 cm³/mol. The molecular weight excluding hydrogens is 444 g/mol. The van der Waals surface area contributed by atoms with Gasteiger partial charge in [-0.25, -0.2) is 0 Å². The van der Waals surface area contributed by atoms with Gasteiger partial charge in [0.2, 0.25) is 0 Å². The smallest absolute Gasteiger partial charge is 0.313 e. The third-order valence-electron chi connectivity index (χ3n) is 6.70. The zero-order chi connectivity index (χ0) is 21.4. The van der Waals surface area contributed by atoms with Crippen molar-refractivity contribution in [1.82, 2.24) is 0 Å². The summed E-state index contributed by atoms with van der Waals surface area (Å²) in [5.41, 5.74) is 0. The first-order chi connectivity index (χ1) is 14.0. The van der Waals surface area contributed by atoms with Crippen molar-refractivity contribution in [3.8, 4) is 0 Å². The zero-order valence-corrected chi connectivity index (χ0v) is 17.2. The highest BCUT2D eigenvalue weighted by Crippen LogP contribution is 2.55. The Morgan fingerprint density at radius 3 is 2.43 bits per heavy atom. The van der Waals surface area contributed by atoms with Crippen molar-refractivity contribution in [2.75, 3.05) is 12.4 Å². The molecule has 0 radical (unpaired) electrons. The van der Waals surface area contributed by atoms with Crippen molar-refractivity contribution in [2.24, 2.45) is 23.7 Å². The van der Waals surface area contributed by atoms with Gasteiger partial charge in [0, 0.05) is 11.8 Å². The number of carbonyl (C=O) groups is 2. The van der Waals surface area contributed by atoms with Gasteiger partial charge in [0.15, 0.2) is 0 Å². The van der Waals surface area contributed by atoms with E-state index < -0.39 is 86.0 Å². The van der Waals surface area contributed by atoms with Crippen LogP contribution in [0, 0.1) is 23.7 Å². The number of hydrogen-bond donors (Lipinski definition) is 1. The maximum Gasteiger partial charge on any atom is 0.313 e. The monoisotopic (exact) mass is 464 g/mol. The van der Waals surface area contributed by atoms with E-state index >= 15 is 0 Å². The number of rotatable bonds is 6. The zero-order valence-electron chi connectivity index (χ0n) is 15.5. The van der Waals surface area contributed by atoms with E-state index in [1.807, 2.05) is 0 Å². The minimum Gasteiger partial charge on any atom is -0.464 e. The van der Waals surface area contributed by atoms with E-state index in [4.69, 9.17) is 22.9 Å². The lowest BCUT2D eigenvalue weighted by atomic mass is 9.83. The van der Waals surface area contributed by atoms with Crippen LogP contribution in [0.5, 0.6) is 0 Å². The minimum absolute atomic E-state index is 0.110. The van der Waals surface area contributed by atoms with Crippen molar-refractivity contribution in [3.63, 3.8) is 0 Å². The largest absolute Gasteiger partial charge is 0.464 e. The maximum absolute atomic E-state index is 13.0. The van der Waals surface area contributed by atoms with Crippen LogP contribution in [0.3, 0.4) is 0 Å². The fraction of sp³-hybridized carbons (Fsp3) is 0.765. The molecule has 3 heterocycles. The Balaban J connectivity index is 1.28. The molecule has 0 aromatic heterocycles. The van der Waals surface area contributed by atoms with Crippen LogP contribution in [0.25, 0.3) is 0 Å². The summed E-state index contributed by atoms with van der Waals surface area (Å²) < 4.78 is 75.9. The standard InChI is InChI=1S/C17H20O11S2/c18-16(25-3-4-29(20,21)22)12-9-1-2-10(26-9)13(12)17(19)27-14-7-5-8-11(6-7)30(23,24)28-15(8)14/h1-2,7-15H,3-6H2,(H,20,21,22). The van der Waals surface area contributed by atoms with Crippen LogP contribution in [-0.4, -0.2) is 75.4 Å². The van der Waals surface area contributed by atoms with Crippen LogP contribution < -0.4 is 0 Å². The van der Waals surface area contributed by atoms with E-state index in [0.717, 1.165) is 0 Å². The maximum atomic E-state index is 13.0. The Morgan fingerprint density at radius 2 is 1.77 bits per heavy atom. The average molecular weight is 464 g/mol. The molecule has 5 rings (SSSR count). The molecule has 0 spiro atoms. The first-order valence-corrected chi connectivity index (χ1v) is 12.7. The first-order valence-electron chi connectivity index (χ1n) is 9.63. The van der Waals surface area contributed by atoms with Gasteiger partial charge in [-0.1, -0.05) is 12.2 Å². The molecular formula is C17H20O11S2. The van der Waals surface area contributed by atoms with Crippen molar-refractivity contribution >= 4 is 32.2 Å². The van der Waals surface area contributed by atoms with Gasteiger partial charge in [-0.3, -0.25) is 18.3 Å². The molecule has 5 aliphatic rings. The summed E-state index contributed by atoms with van der Waals surface area (Å²) in [6.45, 7) is -0.557. The first kappa shape index (κ1) is 20.4. The van der Waals surface area contributed by atoms with E-state index in [1.54, 1.807) is 12.2 Å². The summed E-state index contributed by atoms with van der Waals surface area (Å²) in [5, 5.41) is -0.540. The summed E-state index contributed by atoms with van der Waals surface area (Å²) in [6.07, 6.45) is 1.47. The van der Waals surface area contributed by atoms with Gasteiger partial charge >= 0.3 is 11.9 Å². The Kier molecular flexibility index (Phi) is 4.57. The summed E-state index contributed by atoms with van der Waals surface area (Å²) in [6, 6.07) is 0. The van der Waals surface area contributed by atoms with Crippen LogP contribution in [-0.2, 0) is 48.2 Å². The molecule has 2 aliphatic carbocycles. The molecule has 166 valence electrons. The fourth-order valence-electron chi connectivity index (χ4n) is 5.47. The molecule has 4 fully saturated rings. The normalized spacial score (nSPS) is 44.5. The number of carbonyl (C=O) groups excluding carboxylic acids is 2. The van der Waals surface area contributed by atoms with E-state index in [2.05, 4.69) is 0 Å². The molecule has 13 heteroatoms. The van der Waals surface area contributed by atoms with Gasteiger partial charge in [0.1, 0.15) is 36.4 Å². The van der Waals surface area contributed by atoms with Crippen LogP contribution in [0.4, 0.5) is 0 Å². The lowest BCUT2D eigenvalue weighted by Gasteiger charge is -2.28. The van der Waals surface area contributed by atoms with Gasteiger partial charge in [-0.05, 0) is 12.8 Å². The molecule has 3 aliphatic heterocycles. The van der Waals surface area contributed by atoms with Crippen molar-refractivity contribution in [2.45, 2.75) is 42.5 Å². The lowest BCUT2D eigenvalue weighted by Crippen LogP contribution is -2.43. The molecule has 0 aromatic carbocycles. The quantitative estimate of drug-likeness (QED) is 0.223. The Morgan fingerprint density at radius 1 is 1.10 bits per heavy atom. The van der Waals surface area contributed by atoms with E-state index in [1.165, 1.54) is 0 Å². The highest BCUT2D eigenvalue weighted by Gasteiger charge is 2.66. The van der Waals surface area contributed by atoms with Crippen molar-refractivity contribution in [3.05, 3.63) is 12.2 Å². The Labute approximate surface area is 172 Å². The molecule has 0 aromatic rings. The van der Waals surface area contributed by atoms with Gasteiger partial charge < -0.3 is 14.2 Å². The van der Waals surface area contributed by atoms with Crippen LogP contribution >= 0.6 is 0 Å². The summed E-state index contributed by atoms with van der Waals surface area (Å²) in [7, 11) is -7.94. The van der Waals surface area contributed by atoms with Crippen molar-refractivity contribution in [1.29, 1.82) is 0 Å². The Hall–Kier alpha value is -1.54. The van der Waals surface area contributed by atoms with Gasteiger partial charge in [0.25, 0.3) is 20.2 Å². The molecule has 11 nitrogen and oxygen atoms in total. The molecule has 0 amide bonds. The third-order valence-corrected chi connectivity index (χ3v) is 9.15. The van der Waals surface area contributed by atoms with E-state index in [-0.39, 0.29) is 11.8 Å². The van der Waals surface area contributed by atoms with Gasteiger partial charge in [-0.2, -0.15) is 16.8 Å². The minimum atomic E-state index is -4.30. The second-order valence-electron chi connectivity index (χ2n) is 8.34. The summed E-state index contributed by atoms with van der Waals surface area (Å²) in [5.74, 6) is -4.60. The molecule has 9 unspecified atom stereocenters. The van der Waals surface area contributed by atoms with Crippen molar-refractivity contribution < 1.29 is 49.4 Å². The second kappa shape index (κ2) is 6.73. The number of hydrogen-bond acceptors (Lipinski definition) is 10. The SMILES string of the molecule is O=C(OCCS(=O)(=O)O)C1C2C=CC(O2)C1C(=O)OC1C2CC3C1OS(=O)(=O)C3C2. The average Bonchev–Trinajstić information content (AvgIpc) is 3.41. The molecule has 2 saturated heterocycles. The number of esters is 2. The van der Waals surface area contributed by atoms with Crippen LogP contribution in [0.15, 0.2) is 12.2 Å². The predicted octanol–water partition coefficient (Wildman–Crippen LogP) is -0.964. The highest BCUT2D eigenvalue weighted by molar-refractivity contribution is 7.87. The van der Waals surface area contributed by atoms with Crippen LogP contribution in [0.1, 0.15) is 12.8 Å². The van der Waals surface area contributed by atoms with Gasteiger partial charge in [0.05, 0.1) is 17.5 Å². The number of fused-ring (bicyclic) bond motifs is 3. The second-order valence-corrected chi connectivity index (χ2v) is 11.7. The molecule has 1 N–H and O–H groups in total. The molecule has 4 bridgehead atoms. The number of ether oxygens (including phenoxy) is 3. The van der Waals surface area contributed by atoms with Gasteiger partial charge in [-0.15, -0.1) is 0 Å². The summed E-state index contributed by atoms with van der Waals surface area (Å²) in [4.78, 5) is 25.5. The topological polar surface area (TPSA) is 160 Å². The molecule has 2 saturated carbocycles.